The molecule has 1 heterocycles. The summed E-state index contributed by atoms with van der Waals surface area (Å²) in [5.74, 6) is -0.343. The number of allylic oxidation sites excluding steroid dienone is 1. The molecule has 1 aromatic carbocycles. The van der Waals surface area contributed by atoms with Crippen LogP contribution in [-0.2, 0) is 4.74 Å². The predicted molar refractivity (Wildman–Crippen MR) is 80.8 cm³/mol. The van der Waals surface area contributed by atoms with Gasteiger partial charge in [-0.05, 0) is 19.1 Å². The van der Waals surface area contributed by atoms with Crippen molar-refractivity contribution in [1.29, 1.82) is 10.5 Å². The minimum atomic E-state index is -0.566. The van der Waals surface area contributed by atoms with E-state index in [2.05, 4.69) is 10.3 Å². The van der Waals surface area contributed by atoms with Crippen molar-refractivity contribution in [2.24, 2.45) is 0 Å². The number of oxazole rings is 1. The Labute approximate surface area is 132 Å². The van der Waals surface area contributed by atoms with Gasteiger partial charge in [0.1, 0.15) is 24.0 Å². The zero-order valence-electron chi connectivity index (χ0n) is 12.2. The Kier molecular flexibility index (Phi) is 5.11. The summed E-state index contributed by atoms with van der Waals surface area (Å²) in [4.78, 5) is 15.7. The maximum atomic E-state index is 11.6. The molecule has 0 fully saturated rings. The largest absolute Gasteiger partial charge is 0.461 e. The monoisotopic (exact) mass is 308 g/mol. The zero-order chi connectivity index (χ0) is 16.7. The van der Waals surface area contributed by atoms with Crippen molar-refractivity contribution in [3.8, 4) is 23.6 Å². The third-order valence-electron chi connectivity index (χ3n) is 2.76. The molecule has 0 bridgehead atoms. The van der Waals surface area contributed by atoms with Gasteiger partial charge in [-0.25, -0.2) is 9.78 Å². The highest BCUT2D eigenvalue weighted by molar-refractivity contribution is 5.87. The van der Waals surface area contributed by atoms with Gasteiger partial charge < -0.3 is 14.5 Å². The molecule has 23 heavy (non-hydrogen) atoms. The molecule has 0 radical (unpaired) electrons. The number of nitrogens with one attached hydrogen (secondary N) is 1. The first-order chi connectivity index (χ1) is 11.2. The topological polar surface area (TPSA) is 112 Å². The summed E-state index contributed by atoms with van der Waals surface area (Å²) in [6, 6.07) is 10.5. The van der Waals surface area contributed by atoms with Gasteiger partial charge in [0, 0.05) is 6.20 Å². The standard InChI is InChI=1S/C16H12N4O3/c1-2-22-16(21)14-10-23-15(20-14)12-5-3-4-6-13(12)19-9-11(7-17)8-18/h3-6,9-10,19H,2H2,1H3. The molecule has 0 aliphatic carbocycles. The van der Waals surface area contributed by atoms with E-state index < -0.39 is 5.97 Å². The third-order valence-corrected chi connectivity index (χ3v) is 2.76. The molecular formula is C16H12N4O3. The number of nitriles is 2. The van der Waals surface area contributed by atoms with E-state index in [-0.39, 0.29) is 23.8 Å². The Morgan fingerprint density at radius 3 is 2.83 bits per heavy atom. The summed E-state index contributed by atoms with van der Waals surface area (Å²) in [7, 11) is 0. The van der Waals surface area contributed by atoms with E-state index in [0.717, 1.165) is 0 Å². The number of carbonyl (C=O) groups excluding carboxylic acids is 1. The maximum absolute atomic E-state index is 11.6. The molecule has 0 amide bonds. The number of anilines is 1. The molecule has 0 aliphatic rings. The van der Waals surface area contributed by atoms with Gasteiger partial charge in [-0.1, -0.05) is 12.1 Å². The molecular weight excluding hydrogens is 296 g/mol. The lowest BCUT2D eigenvalue weighted by molar-refractivity contribution is 0.0519. The Balaban J connectivity index is 2.31. The van der Waals surface area contributed by atoms with Crippen LogP contribution in [-0.4, -0.2) is 17.6 Å². The Bertz CT molecular complexity index is 808. The van der Waals surface area contributed by atoms with E-state index in [1.165, 1.54) is 12.5 Å². The average Bonchev–Trinajstić information content (AvgIpc) is 3.06. The van der Waals surface area contributed by atoms with Gasteiger partial charge in [-0.2, -0.15) is 10.5 Å². The summed E-state index contributed by atoms with van der Waals surface area (Å²) in [5.41, 5.74) is 1.16. The summed E-state index contributed by atoms with van der Waals surface area (Å²) >= 11 is 0. The number of nitrogens with zero attached hydrogens (tertiary/aromatic N) is 3. The van der Waals surface area contributed by atoms with Crippen LogP contribution in [0.1, 0.15) is 17.4 Å². The Hall–Kier alpha value is -3.58. The second-order valence-electron chi connectivity index (χ2n) is 4.23. The highest BCUT2D eigenvalue weighted by Gasteiger charge is 2.16. The van der Waals surface area contributed by atoms with Crippen LogP contribution in [0.15, 0.2) is 46.7 Å². The van der Waals surface area contributed by atoms with Crippen LogP contribution in [0.25, 0.3) is 11.5 Å². The lowest BCUT2D eigenvalue weighted by atomic mass is 10.1. The number of carbonyl (C=O) groups is 1. The van der Waals surface area contributed by atoms with Gasteiger partial charge in [0.25, 0.3) is 0 Å². The summed E-state index contributed by atoms with van der Waals surface area (Å²) in [5, 5.41) is 20.3. The SMILES string of the molecule is CCOC(=O)c1coc(-c2ccccc2NC=C(C#N)C#N)n1. The van der Waals surface area contributed by atoms with Crippen molar-refractivity contribution in [3.05, 3.63) is 48.0 Å². The van der Waals surface area contributed by atoms with Crippen LogP contribution in [0.3, 0.4) is 0 Å². The maximum Gasteiger partial charge on any atom is 0.360 e. The van der Waals surface area contributed by atoms with Crippen LogP contribution in [0.2, 0.25) is 0 Å². The van der Waals surface area contributed by atoms with Crippen molar-refractivity contribution in [2.45, 2.75) is 6.92 Å². The molecule has 0 saturated carbocycles. The number of hydrogen-bond acceptors (Lipinski definition) is 7. The molecule has 0 aliphatic heterocycles. The molecule has 0 saturated heterocycles. The fraction of sp³-hybridized carbons (Fsp3) is 0.125. The van der Waals surface area contributed by atoms with Crippen LogP contribution in [0.5, 0.6) is 0 Å². The van der Waals surface area contributed by atoms with Crippen molar-refractivity contribution < 1.29 is 13.9 Å². The third kappa shape index (κ3) is 3.74. The van der Waals surface area contributed by atoms with Crippen LogP contribution >= 0.6 is 0 Å². The Morgan fingerprint density at radius 1 is 1.39 bits per heavy atom. The van der Waals surface area contributed by atoms with Gasteiger partial charge in [0.05, 0.1) is 17.9 Å². The molecule has 2 aromatic rings. The number of esters is 1. The first-order valence-corrected chi connectivity index (χ1v) is 6.68. The molecule has 0 atom stereocenters. The average molecular weight is 308 g/mol. The van der Waals surface area contributed by atoms with Crippen LogP contribution in [0.4, 0.5) is 5.69 Å². The number of rotatable bonds is 5. The van der Waals surface area contributed by atoms with Gasteiger partial charge in [-0.3, -0.25) is 0 Å². The summed E-state index contributed by atoms with van der Waals surface area (Å²) < 4.78 is 10.2. The molecule has 0 spiro atoms. The highest BCUT2D eigenvalue weighted by Crippen LogP contribution is 2.27. The van der Waals surface area contributed by atoms with E-state index in [0.29, 0.717) is 11.3 Å². The number of aromatic nitrogens is 1. The number of ether oxygens (including phenoxy) is 1. The van der Waals surface area contributed by atoms with E-state index in [9.17, 15) is 4.79 Å². The summed E-state index contributed by atoms with van der Waals surface area (Å²) in [6.07, 6.45) is 2.50. The van der Waals surface area contributed by atoms with E-state index in [1.54, 1.807) is 43.3 Å². The lowest BCUT2D eigenvalue weighted by Crippen LogP contribution is -2.04. The van der Waals surface area contributed by atoms with E-state index >= 15 is 0 Å². The van der Waals surface area contributed by atoms with Crippen molar-refractivity contribution >= 4 is 11.7 Å². The van der Waals surface area contributed by atoms with E-state index in [4.69, 9.17) is 19.7 Å². The first kappa shape index (κ1) is 15.8. The fourth-order valence-corrected chi connectivity index (χ4v) is 1.73. The van der Waals surface area contributed by atoms with Crippen molar-refractivity contribution in [2.75, 3.05) is 11.9 Å². The normalized spacial score (nSPS) is 9.35. The molecule has 1 N–H and O–H groups in total. The lowest BCUT2D eigenvalue weighted by Gasteiger charge is -2.05. The van der Waals surface area contributed by atoms with Crippen LogP contribution < -0.4 is 5.32 Å². The molecule has 1 aromatic heterocycles. The quantitative estimate of drug-likeness (QED) is 0.667. The molecule has 0 unspecified atom stereocenters. The van der Waals surface area contributed by atoms with Gasteiger partial charge >= 0.3 is 5.97 Å². The minimum Gasteiger partial charge on any atom is -0.461 e. The van der Waals surface area contributed by atoms with Gasteiger partial charge in [0.15, 0.2) is 5.69 Å². The highest BCUT2D eigenvalue weighted by atomic mass is 16.5. The summed E-state index contributed by atoms with van der Waals surface area (Å²) in [6.45, 7) is 1.95. The fourth-order valence-electron chi connectivity index (χ4n) is 1.73. The second kappa shape index (κ2) is 7.43. The van der Waals surface area contributed by atoms with Crippen molar-refractivity contribution in [3.63, 3.8) is 0 Å². The van der Waals surface area contributed by atoms with Crippen molar-refractivity contribution in [1.82, 2.24) is 4.98 Å². The first-order valence-electron chi connectivity index (χ1n) is 6.68. The number of para-hydroxylation sites is 1. The zero-order valence-corrected chi connectivity index (χ0v) is 12.2. The minimum absolute atomic E-state index is 0.0700. The van der Waals surface area contributed by atoms with E-state index in [1.807, 2.05) is 0 Å². The molecule has 2 rings (SSSR count). The molecule has 114 valence electrons. The molecule has 7 heteroatoms. The van der Waals surface area contributed by atoms with Gasteiger partial charge in [-0.15, -0.1) is 0 Å². The number of benzene rings is 1. The van der Waals surface area contributed by atoms with Crippen LogP contribution in [0, 0.1) is 22.7 Å². The molecule has 7 nitrogen and oxygen atoms in total. The van der Waals surface area contributed by atoms with Gasteiger partial charge in [0.2, 0.25) is 5.89 Å². The Morgan fingerprint density at radius 2 is 2.13 bits per heavy atom. The smallest absolute Gasteiger partial charge is 0.360 e. The second-order valence-corrected chi connectivity index (χ2v) is 4.23. The predicted octanol–water partition coefficient (Wildman–Crippen LogP) is 2.86. The number of hydrogen-bond donors (Lipinski definition) is 1.